The molecule has 0 amide bonds. The first-order valence-electron chi connectivity index (χ1n) is 5.64. The molecule has 4 nitrogen and oxygen atoms in total. The Morgan fingerprint density at radius 2 is 2.06 bits per heavy atom. The molecule has 4 N–H and O–H groups in total. The molecule has 1 aromatic carbocycles. The Morgan fingerprint density at radius 3 is 2.75 bits per heavy atom. The van der Waals surface area contributed by atoms with Crippen molar-refractivity contribution in [1.82, 2.24) is 4.90 Å². The van der Waals surface area contributed by atoms with Gasteiger partial charge in [0.05, 0.1) is 25.4 Å². The van der Waals surface area contributed by atoms with Crippen LogP contribution in [0.1, 0.15) is 5.56 Å². The van der Waals surface area contributed by atoms with Crippen LogP contribution in [0.25, 0.3) is 0 Å². The van der Waals surface area contributed by atoms with Gasteiger partial charge in [-0.05, 0) is 5.56 Å². The van der Waals surface area contributed by atoms with Crippen LogP contribution in [-0.2, 0) is 11.3 Å². The summed E-state index contributed by atoms with van der Waals surface area (Å²) in [6, 6.07) is 10.5. The number of nitrogens with two attached hydrogens (primary N) is 2. The third kappa shape index (κ3) is 2.80. The van der Waals surface area contributed by atoms with Gasteiger partial charge in [0.1, 0.15) is 0 Å². The lowest BCUT2D eigenvalue weighted by atomic mass is 10.1. The van der Waals surface area contributed by atoms with E-state index in [9.17, 15) is 0 Å². The fourth-order valence-corrected chi connectivity index (χ4v) is 2.03. The lowest BCUT2D eigenvalue weighted by Gasteiger charge is -2.37. The molecule has 1 atom stereocenters. The summed E-state index contributed by atoms with van der Waals surface area (Å²) in [5.41, 5.74) is 12.8. The van der Waals surface area contributed by atoms with Gasteiger partial charge < -0.3 is 16.2 Å². The van der Waals surface area contributed by atoms with Crippen LogP contribution in [0.3, 0.4) is 0 Å². The van der Waals surface area contributed by atoms with Gasteiger partial charge in [0.2, 0.25) is 0 Å². The molecule has 1 heterocycles. The second-order valence-electron chi connectivity index (χ2n) is 4.18. The minimum Gasteiger partial charge on any atom is -0.378 e. The van der Waals surface area contributed by atoms with Crippen LogP contribution in [0.5, 0.6) is 0 Å². The number of hydrogen-bond acceptors (Lipinski definition) is 4. The molecule has 16 heavy (non-hydrogen) atoms. The van der Waals surface area contributed by atoms with Gasteiger partial charge in [-0.1, -0.05) is 30.3 Å². The highest BCUT2D eigenvalue weighted by Gasteiger charge is 2.26. The maximum absolute atomic E-state index is 5.77. The molecule has 0 saturated carbocycles. The van der Waals surface area contributed by atoms with E-state index < -0.39 is 0 Å². The fraction of sp³-hybridized carbons (Fsp3) is 0.500. The van der Waals surface area contributed by atoms with Crippen LogP contribution in [0, 0.1) is 0 Å². The van der Waals surface area contributed by atoms with Crippen molar-refractivity contribution in [2.45, 2.75) is 18.8 Å². The van der Waals surface area contributed by atoms with E-state index in [0.717, 1.165) is 19.7 Å². The van der Waals surface area contributed by atoms with E-state index in [-0.39, 0.29) is 12.2 Å². The molecule has 0 aromatic heterocycles. The smallest absolute Gasteiger partial charge is 0.0704 e. The number of rotatable bonds is 3. The van der Waals surface area contributed by atoms with Crippen molar-refractivity contribution in [3.05, 3.63) is 35.9 Å². The molecule has 0 spiro atoms. The van der Waals surface area contributed by atoms with Gasteiger partial charge in [-0.25, -0.2) is 0 Å². The first-order valence-corrected chi connectivity index (χ1v) is 5.64. The Labute approximate surface area is 96.2 Å². The zero-order chi connectivity index (χ0) is 11.4. The van der Waals surface area contributed by atoms with Crippen molar-refractivity contribution in [3.8, 4) is 0 Å². The van der Waals surface area contributed by atoms with Gasteiger partial charge in [0.15, 0.2) is 0 Å². The highest BCUT2D eigenvalue weighted by molar-refractivity contribution is 5.14. The molecule has 0 aliphatic carbocycles. The topological polar surface area (TPSA) is 64.5 Å². The van der Waals surface area contributed by atoms with Crippen molar-refractivity contribution >= 4 is 0 Å². The van der Waals surface area contributed by atoms with E-state index in [1.807, 2.05) is 18.2 Å². The minimum atomic E-state index is -0.344. The molecule has 1 saturated heterocycles. The molecular weight excluding hydrogens is 202 g/mol. The number of morpholine rings is 1. The van der Waals surface area contributed by atoms with E-state index in [4.69, 9.17) is 16.2 Å². The van der Waals surface area contributed by atoms with Gasteiger partial charge >= 0.3 is 0 Å². The average molecular weight is 221 g/mol. The Hall–Kier alpha value is -0.940. The predicted octanol–water partition coefficient (Wildman–Crippen LogP) is 0.131. The summed E-state index contributed by atoms with van der Waals surface area (Å²) in [4.78, 5) is 2.30. The zero-order valence-corrected chi connectivity index (χ0v) is 9.38. The van der Waals surface area contributed by atoms with Crippen LogP contribution in [0.15, 0.2) is 30.3 Å². The molecule has 1 fully saturated rings. The summed E-state index contributed by atoms with van der Waals surface area (Å²) in [5, 5.41) is 0. The summed E-state index contributed by atoms with van der Waals surface area (Å²) >= 11 is 0. The quantitative estimate of drug-likeness (QED) is 0.712. The number of hydrogen-bond donors (Lipinski definition) is 2. The highest BCUT2D eigenvalue weighted by atomic mass is 16.5. The number of benzene rings is 1. The molecule has 1 aliphatic rings. The third-order valence-corrected chi connectivity index (χ3v) is 2.95. The van der Waals surface area contributed by atoms with E-state index in [0.29, 0.717) is 6.61 Å². The van der Waals surface area contributed by atoms with E-state index in [1.54, 1.807) is 0 Å². The molecule has 88 valence electrons. The van der Waals surface area contributed by atoms with Gasteiger partial charge in [-0.15, -0.1) is 0 Å². The number of ether oxygens (including phenoxy) is 1. The van der Waals surface area contributed by atoms with Crippen molar-refractivity contribution in [3.63, 3.8) is 0 Å². The summed E-state index contributed by atoms with van der Waals surface area (Å²) in [7, 11) is 0. The standard InChI is InChI=1S/C12H19N3O/c13-12(14)11-9-16-7-6-15(11)8-10-4-2-1-3-5-10/h1-5,11-12H,6-9,13-14H2. The lowest BCUT2D eigenvalue weighted by molar-refractivity contribution is -0.0201. The second-order valence-corrected chi connectivity index (χ2v) is 4.18. The Kier molecular flexibility index (Phi) is 3.90. The van der Waals surface area contributed by atoms with Gasteiger partial charge in [-0.3, -0.25) is 4.90 Å². The fourth-order valence-electron chi connectivity index (χ4n) is 2.03. The molecule has 2 rings (SSSR count). The maximum atomic E-state index is 5.77. The van der Waals surface area contributed by atoms with Crippen LogP contribution in [0.2, 0.25) is 0 Å². The van der Waals surface area contributed by atoms with Crippen molar-refractivity contribution in [2.24, 2.45) is 11.5 Å². The van der Waals surface area contributed by atoms with Gasteiger partial charge in [0.25, 0.3) is 0 Å². The monoisotopic (exact) mass is 221 g/mol. The second kappa shape index (κ2) is 5.41. The Morgan fingerprint density at radius 1 is 1.31 bits per heavy atom. The lowest BCUT2D eigenvalue weighted by Crippen LogP contribution is -2.57. The maximum Gasteiger partial charge on any atom is 0.0704 e. The molecule has 1 unspecified atom stereocenters. The Balaban J connectivity index is 2.01. The molecule has 0 radical (unpaired) electrons. The minimum absolute atomic E-state index is 0.119. The van der Waals surface area contributed by atoms with Crippen molar-refractivity contribution in [2.75, 3.05) is 19.8 Å². The van der Waals surface area contributed by atoms with Crippen molar-refractivity contribution in [1.29, 1.82) is 0 Å². The van der Waals surface area contributed by atoms with E-state index in [1.165, 1.54) is 5.56 Å². The summed E-state index contributed by atoms with van der Waals surface area (Å²) in [6.07, 6.45) is -0.344. The first kappa shape index (κ1) is 11.5. The van der Waals surface area contributed by atoms with Gasteiger partial charge in [0, 0.05) is 13.1 Å². The number of nitrogens with zero attached hydrogens (tertiary/aromatic N) is 1. The predicted molar refractivity (Wildman–Crippen MR) is 63.6 cm³/mol. The van der Waals surface area contributed by atoms with E-state index in [2.05, 4.69) is 17.0 Å². The summed E-state index contributed by atoms with van der Waals surface area (Å²) < 4.78 is 5.41. The van der Waals surface area contributed by atoms with Gasteiger partial charge in [-0.2, -0.15) is 0 Å². The summed E-state index contributed by atoms with van der Waals surface area (Å²) in [6.45, 7) is 3.17. The average Bonchev–Trinajstić information content (AvgIpc) is 2.31. The van der Waals surface area contributed by atoms with Crippen LogP contribution >= 0.6 is 0 Å². The van der Waals surface area contributed by atoms with Crippen molar-refractivity contribution < 1.29 is 4.74 Å². The normalized spacial score (nSPS) is 22.6. The summed E-state index contributed by atoms with van der Waals surface area (Å²) in [5.74, 6) is 0. The first-order chi connectivity index (χ1) is 7.77. The van der Waals surface area contributed by atoms with E-state index >= 15 is 0 Å². The molecular formula is C12H19N3O. The molecule has 0 bridgehead atoms. The molecule has 1 aliphatic heterocycles. The highest BCUT2D eigenvalue weighted by Crippen LogP contribution is 2.12. The third-order valence-electron chi connectivity index (χ3n) is 2.95. The van der Waals surface area contributed by atoms with Crippen LogP contribution in [-0.4, -0.2) is 36.9 Å². The largest absolute Gasteiger partial charge is 0.378 e. The Bertz CT molecular complexity index is 315. The van der Waals surface area contributed by atoms with Crippen LogP contribution in [0.4, 0.5) is 0 Å². The molecule has 1 aromatic rings. The zero-order valence-electron chi connectivity index (χ0n) is 9.38. The van der Waals surface area contributed by atoms with Crippen LogP contribution < -0.4 is 11.5 Å². The SMILES string of the molecule is NC(N)C1COCCN1Cc1ccccc1. The molecule has 4 heteroatoms.